The minimum atomic E-state index is -4.61. The summed E-state index contributed by atoms with van der Waals surface area (Å²) in [5, 5.41) is 2.01. The van der Waals surface area contributed by atoms with Gasteiger partial charge in [0, 0.05) is 10.9 Å². The van der Waals surface area contributed by atoms with Crippen LogP contribution in [0.2, 0.25) is 0 Å². The normalized spacial score (nSPS) is 12.3. The van der Waals surface area contributed by atoms with E-state index in [-0.39, 0.29) is 10.2 Å². The van der Waals surface area contributed by atoms with Crippen molar-refractivity contribution < 1.29 is 31.1 Å². The molecular formula is C11H8BrF6NO. The number of benzene rings is 1. The molecule has 1 aromatic rings. The molecule has 0 atom stereocenters. The summed E-state index contributed by atoms with van der Waals surface area (Å²) < 4.78 is 73.3. The Hall–Kier alpha value is -1.25. The molecule has 0 radical (unpaired) electrons. The lowest BCUT2D eigenvalue weighted by molar-refractivity contribution is -0.142. The van der Waals surface area contributed by atoms with Gasteiger partial charge >= 0.3 is 12.4 Å². The summed E-state index contributed by atoms with van der Waals surface area (Å²) in [5.74, 6) is -1.01. The Labute approximate surface area is 118 Å². The van der Waals surface area contributed by atoms with Crippen LogP contribution in [0.4, 0.5) is 32.0 Å². The van der Waals surface area contributed by atoms with E-state index >= 15 is 0 Å². The zero-order chi connectivity index (χ0) is 15.6. The maximum absolute atomic E-state index is 12.5. The van der Waals surface area contributed by atoms with E-state index < -0.39 is 36.7 Å². The molecule has 0 unspecified atom stereocenters. The highest BCUT2D eigenvalue weighted by molar-refractivity contribution is 9.10. The van der Waals surface area contributed by atoms with E-state index in [0.717, 1.165) is 12.1 Å². The number of rotatable bonds is 3. The van der Waals surface area contributed by atoms with Gasteiger partial charge in [-0.1, -0.05) is 0 Å². The number of alkyl halides is 6. The molecule has 0 saturated carbocycles. The molecule has 112 valence electrons. The zero-order valence-corrected chi connectivity index (χ0v) is 11.3. The fourth-order valence-corrected chi connectivity index (χ4v) is 1.61. The Bertz CT molecular complexity index is 497. The molecule has 1 N–H and O–H groups in total. The van der Waals surface area contributed by atoms with Crippen LogP contribution < -0.4 is 5.32 Å². The molecule has 2 nitrogen and oxygen atoms in total. The summed E-state index contributed by atoms with van der Waals surface area (Å²) >= 11 is 2.91. The van der Waals surface area contributed by atoms with Gasteiger partial charge in [-0.25, -0.2) is 0 Å². The number of carbonyl (C=O) groups is 1. The van der Waals surface area contributed by atoms with E-state index in [4.69, 9.17) is 0 Å². The Morgan fingerprint density at radius 3 is 2.25 bits per heavy atom. The van der Waals surface area contributed by atoms with Gasteiger partial charge in [-0.2, -0.15) is 26.3 Å². The van der Waals surface area contributed by atoms with Crippen molar-refractivity contribution in [1.29, 1.82) is 0 Å². The average Bonchev–Trinajstić information content (AvgIpc) is 2.27. The van der Waals surface area contributed by atoms with Gasteiger partial charge in [0.05, 0.1) is 17.7 Å². The van der Waals surface area contributed by atoms with E-state index in [0.29, 0.717) is 6.07 Å². The van der Waals surface area contributed by atoms with Crippen LogP contribution in [-0.4, -0.2) is 12.1 Å². The highest BCUT2D eigenvalue weighted by Crippen LogP contribution is 2.34. The SMILES string of the molecule is O=C(CCC(F)(F)F)Nc1cc(C(F)(F)F)ccc1Br. The van der Waals surface area contributed by atoms with Crippen molar-refractivity contribution in [2.75, 3.05) is 5.32 Å². The Balaban J connectivity index is 2.79. The highest BCUT2D eigenvalue weighted by Gasteiger charge is 2.31. The molecule has 0 bridgehead atoms. The predicted molar refractivity (Wildman–Crippen MR) is 63.1 cm³/mol. The molecule has 0 fully saturated rings. The lowest BCUT2D eigenvalue weighted by Gasteiger charge is -2.12. The summed E-state index contributed by atoms with van der Waals surface area (Å²) in [4.78, 5) is 11.3. The van der Waals surface area contributed by atoms with Crippen LogP contribution in [0.1, 0.15) is 18.4 Å². The van der Waals surface area contributed by atoms with Crippen molar-refractivity contribution in [2.45, 2.75) is 25.2 Å². The first-order valence-electron chi connectivity index (χ1n) is 5.22. The van der Waals surface area contributed by atoms with Crippen LogP contribution >= 0.6 is 15.9 Å². The first kappa shape index (κ1) is 16.8. The van der Waals surface area contributed by atoms with Crippen molar-refractivity contribution in [1.82, 2.24) is 0 Å². The quantitative estimate of drug-likeness (QED) is 0.771. The Morgan fingerprint density at radius 2 is 1.75 bits per heavy atom. The summed E-state index contributed by atoms with van der Waals surface area (Å²) in [6.45, 7) is 0. The minimum Gasteiger partial charge on any atom is -0.325 e. The van der Waals surface area contributed by atoms with Gasteiger partial charge in [0.15, 0.2) is 0 Å². The molecule has 0 heterocycles. The second-order valence-corrected chi connectivity index (χ2v) is 4.71. The lowest BCUT2D eigenvalue weighted by atomic mass is 10.2. The van der Waals surface area contributed by atoms with Gasteiger partial charge in [0.25, 0.3) is 0 Å². The molecule has 9 heteroatoms. The monoisotopic (exact) mass is 363 g/mol. The third-order valence-corrected chi connectivity index (χ3v) is 2.89. The lowest BCUT2D eigenvalue weighted by Crippen LogP contribution is -2.17. The van der Waals surface area contributed by atoms with Crippen LogP contribution in [0.5, 0.6) is 0 Å². The molecule has 0 aliphatic carbocycles. The van der Waals surface area contributed by atoms with E-state index in [1.807, 2.05) is 5.32 Å². The number of nitrogens with one attached hydrogen (secondary N) is 1. The maximum atomic E-state index is 12.5. The van der Waals surface area contributed by atoms with Gasteiger partial charge in [-0.15, -0.1) is 0 Å². The maximum Gasteiger partial charge on any atom is 0.416 e. The molecule has 1 aromatic carbocycles. The van der Waals surface area contributed by atoms with Crippen molar-refractivity contribution in [3.8, 4) is 0 Å². The predicted octanol–water partition coefficient (Wildman–Crippen LogP) is 4.75. The Kier molecular flexibility index (Phi) is 5.06. The third kappa shape index (κ3) is 5.40. The highest BCUT2D eigenvalue weighted by atomic mass is 79.9. The first-order valence-corrected chi connectivity index (χ1v) is 6.02. The third-order valence-electron chi connectivity index (χ3n) is 2.20. The molecule has 20 heavy (non-hydrogen) atoms. The largest absolute Gasteiger partial charge is 0.416 e. The smallest absolute Gasteiger partial charge is 0.325 e. The second kappa shape index (κ2) is 6.02. The molecule has 1 amide bonds. The van der Waals surface area contributed by atoms with Crippen molar-refractivity contribution in [2.24, 2.45) is 0 Å². The fraction of sp³-hybridized carbons (Fsp3) is 0.364. The van der Waals surface area contributed by atoms with Gasteiger partial charge < -0.3 is 5.32 Å². The van der Waals surface area contributed by atoms with E-state index in [2.05, 4.69) is 15.9 Å². The number of amides is 1. The standard InChI is InChI=1S/C11H8BrF6NO/c12-7-2-1-6(11(16,17)18)5-8(7)19-9(20)3-4-10(13,14)15/h1-2,5H,3-4H2,(H,19,20). The molecule has 0 spiro atoms. The summed E-state index contributed by atoms with van der Waals surface area (Å²) in [6, 6.07) is 2.49. The van der Waals surface area contributed by atoms with E-state index in [1.54, 1.807) is 0 Å². The molecular weight excluding hydrogens is 356 g/mol. The van der Waals surface area contributed by atoms with Crippen molar-refractivity contribution in [3.63, 3.8) is 0 Å². The number of hydrogen-bond acceptors (Lipinski definition) is 1. The summed E-state index contributed by atoms with van der Waals surface area (Å²) in [6.07, 6.45) is -11.3. The van der Waals surface area contributed by atoms with Crippen LogP contribution in [-0.2, 0) is 11.0 Å². The van der Waals surface area contributed by atoms with Crippen LogP contribution in [0.25, 0.3) is 0 Å². The minimum absolute atomic E-state index is 0.144. The topological polar surface area (TPSA) is 29.1 Å². The molecule has 0 aliphatic rings. The van der Waals surface area contributed by atoms with Crippen LogP contribution in [0.3, 0.4) is 0 Å². The fourth-order valence-electron chi connectivity index (χ4n) is 1.27. The van der Waals surface area contributed by atoms with Crippen LogP contribution in [0.15, 0.2) is 22.7 Å². The first-order chi connectivity index (χ1) is 8.99. The second-order valence-electron chi connectivity index (χ2n) is 3.86. The van der Waals surface area contributed by atoms with Gasteiger partial charge in [-0.05, 0) is 34.1 Å². The number of halogens is 7. The average molecular weight is 364 g/mol. The number of anilines is 1. The molecule has 0 aromatic heterocycles. The molecule has 1 rings (SSSR count). The van der Waals surface area contributed by atoms with Crippen molar-refractivity contribution in [3.05, 3.63) is 28.2 Å². The zero-order valence-electron chi connectivity index (χ0n) is 9.70. The Morgan fingerprint density at radius 1 is 1.15 bits per heavy atom. The molecule has 0 saturated heterocycles. The van der Waals surface area contributed by atoms with Gasteiger partial charge in [-0.3, -0.25) is 4.79 Å². The van der Waals surface area contributed by atoms with Crippen molar-refractivity contribution >= 4 is 27.5 Å². The van der Waals surface area contributed by atoms with Gasteiger partial charge in [0.2, 0.25) is 5.91 Å². The van der Waals surface area contributed by atoms with Gasteiger partial charge in [0.1, 0.15) is 0 Å². The summed E-state index contributed by atoms with van der Waals surface area (Å²) in [5.41, 5.74) is -1.24. The van der Waals surface area contributed by atoms with E-state index in [9.17, 15) is 31.1 Å². The van der Waals surface area contributed by atoms with Crippen LogP contribution in [0, 0.1) is 0 Å². The summed E-state index contributed by atoms with van der Waals surface area (Å²) in [7, 11) is 0. The number of carbonyl (C=O) groups excluding carboxylic acids is 1. The van der Waals surface area contributed by atoms with E-state index in [1.165, 1.54) is 0 Å². The molecule has 0 aliphatic heterocycles. The number of hydrogen-bond donors (Lipinski definition) is 1.